The number of piperazine rings is 1. The normalized spacial score (nSPS) is 20.3. The van der Waals surface area contributed by atoms with Crippen LogP contribution in [0.1, 0.15) is 12.0 Å². The van der Waals surface area contributed by atoms with Gasteiger partial charge in [0.1, 0.15) is 5.82 Å². The largest absolute Gasteiger partial charge is 0.340 e. The summed E-state index contributed by atoms with van der Waals surface area (Å²) >= 11 is 0. The molecule has 2 heterocycles. The lowest BCUT2D eigenvalue weighted by Crippen LogP contribution is -2.51. The number of carbonyl (C=O) groups is 2. The van der Waals surface area contributed by atoms with Gasteiger partial charge in [-0.3, -0.25) is 14.5 Å². The number of hydrogen-bond acceptors (Lipinski definition) is 3. The first-order valence-electron chi connectivity index (χ1n) is 10.2. The van der Waals surface area contributed by atoms with Gasteiger partial charge in [0.05, 0.1) is 5.92 Å². The zero-order chi connectivity index (χ0) is 20.2. The van der Waals surface area contributed by atoms with E-state index in [0.717, 1.165) is 37.3 Å². The summed E-state index contributed by atoms with van der Waals surface area (Å²) in [5.41, 5.74) is 1.98. The molecule has 4 rings (SSSR count). The van der Waals surface area contributed by atoms with Crippen LogP contribution in [-0.4, -0.2) is 60.9 Å². The molecular weight excluding hydrogens is 369 g/mol. The van der Waals surface area contributed by atoms with Crippen LogP contribution >= 0.6 is 0 Å². The predicted molar refractivity (Wildman–Crippen MR) is 110 cm³/mol. The highest BCUT2D eigenvalue weighted by molar-refractivity contribution is 6.00. The van der Waals surface area contributed by atoms with Crippen molar-refractivity contribution in [3.63, 3.8) is 0 Å². The fraction of sp³-hybridized carbons (Fsp3) is 0.391. The number of hydrogen-bond donors (Lipinski definition) is 0. The van der Waals surface area contributed by atoms with Crippen LogP contribution in [0.4, 0.5) is 10.1 Å². The van der Waals surface area contributed by atoms with Gasteiger partial charge in [-0.1, -0.05) is 30.3 Å². The summed E-state index contributed by atoms with van der Waals surface area (Å²) in [6.07, 6.45) is 1.16. The van der Waals surface area contributed by atoms with Crippen molar-refractivity contribution in [2.75, 3.05) is 44.2 Å². The van der Waals surface area contributed by atoms with Crippen LogP contribution in [0, 0.1) is 11.7 Å². The van der Waals surface area contributed by atoms with E-state index in [-0.39, 0.29) is 23.5 Å². The van der Waals surface area contributed by atoms with Crippen LogP contribution in [0.3, 0.4) is 0 Å². The van der Waals surface area contributed by atoms with Crippen LogP contribution in [0.2, 0.25) is 0 Å². The first kappa shape index (κ1) is 19.6. The van der Waals surface area contributed by atoms with E-state index in [1.807, 2.05) is 47.4 Å². The van der Waals surface area contributed by atoms with Crippen molar-refractivity contribution < 1.29 is 14.0 Å². The quantitative estimate of drug-likeness (QED) is 0.782. The highest BCUT2D eigenvalue weighted by atomic mass is 19.1. The highest BCUT2D eigenvalue weighted by Gasteiger charge is 2.37. The molecule has 2 aromatic rings. The summed E-state index contributed by atoms with van der Waals surface area (Å²) in [5, 5.41) is 0. The zero-order valence-electron chi connectivity index (χ0n) is 16.5. The Morgan fingerprint density at radius 3 is 2.34 bits per heavy atom. The Kier molecular flexibility index (Phi) is 5.90. The fourth-order valence-electron chi connectivity index (χ4n) is 4.12. The number of benzene rings is 2. The van der Waals surface area contributed by atoms with E-state index < -0.39 is 0 Å². The lowest BCUT2D eigenvalue weighted by molar-refractivity contribution is -0.137. The Labute approximate surface area is 170 Å². The monoisotopic (exact) mass is 395 g/mol. The molecule has 29 heavy (non-hydrogen) atoms. The summed E-state index contributed by atoms with van der Waals surface area (Å²) in [6, 6.07) is 16.2. The number of amides is 2. The molecule has 2 fully saturated rings. The second kappa shape index (κ2) is 8.74. The molecule has 0 N–H and O–H groups in total. The maximum atomic E-state index is 13.0. The van der Waals surface area contributed by atoms with Crippen LogP contribution in [-0.2, 0) is 16.0 Å². The first-order chi connectivity index (χ1) is 14.1. The van der Waals surface area contributed by atoms with Gasteiger partial charge in [-0.25, -0.2) is 4.39 Å². The van der Waals surface area contributed by atoms with Crippen molar-refractivity contribution in [3.05, 3.63) is 66.0 Å². The van der Waals surface area contributed by atoms with E-state index in [4.69, 9.17) is 0 Å². The minimum atomic E-state index is -0.256. The second-order valence-corrected chi connectivity index (χ2v) is 7.78. The van der Waals surface area contributed by atoms with E-state index in [1.54, 1.807) is 4.90 Å². The van der Waals surface area contributed by atoms with Gasteiger partial charge >= 0.3 is 0 Å². The smallest absolute Gasteiger partial charge is 0.228 e. The summed E-state index contributed by atoms with van der Waals surface area (Å²) in [6.45, 7) is 4.41. The van der Waals surface area contributed by atoms with Gasteiger partial charge in [0.15, 0.2) is 0 Å². The molecule has 2 saturated heterocycles. The fourth-order valence-corrected chi connectivity index (χ4v) is 4.12. The van der Waals surface area contributed by atoms with E-state index in [9.17, 15) is 14.0 Å². The van der Waals surface area contributed by atoms with Gasteiger partial charge in [0.2, 0.25) is 11.8 Å². The number of carbonyl (C=O) groups excluding carboxylic acids is 2. The second-order valence-electron chi connectivity index (χ2n) is 7.78. The van der Waals surface area contributed by atoms with E-state index in [2.05, 4.69) is 4.90 Å². The van der Waals surface area contributed by atoms with Gasteiger partial charge in [0.25, 0.3) is 0 Å². The molecule has 2 amide bonds. The molecule has 5 nitrogen and oxygen atoms in total. The molecule has 0 spiro atoms. The van der Waals surface area contributed by atoms with Crippen LogP contribution in [0.15, 0.2) is 54.6 Å². The Morgan fingerprint density at radius 2 is 1.66 bits per heavy atom. The molecule has 0 aliphatic carbocycles. The van der Waals surface area contributed by atoms with Crippen LogP contribution in [0.25, 0.3) is 0 Å². The molecule has 0 saturated carbocycles. The molecule has 0 aromatic heterocycles. The average molecular weight is 395 g/mol. The Bertz CT molecular complexity index is 848. The summed E-state index contributed by atoms with van der Waals surface area (Å²) in [7, 11) is 0. The van der Waals surface area contributed by atoms with Gasteiger partial charge in [0, 0.05) is 51.4 Å². The molecule has 2 aliphatic heterocycles. The molecular formula is C23H26FN3O2. The minimum absolute atomic E-state index is 0.0208. The molecule has 152 valence electrons. The number of para-hydroxylation sites is 1. The molecule has 1 unspecified atom stereocenters. The van der Waals surface area contributed by atoms with Crippen molar-refractivity contribution >= 4 is 17.5 Å². The van der Waals surface area contributed by atoms with Crippen molar-refractivity contribution in [1.82, 2.24) is 9.80 Å². The van der Waals surface area contributed by atoms with E-state index in [0.29, 0.717) is 26.1 Å². The lowest BCUT2D eigenvalue weighted by atomic mass is 10.1. The molecule has 1 atom stereocenters. The standard InChI is InChI=1S/C23H26FN3O2/c24-20-8-6-18(7-9-20)10-11-25-12-14-26(15-13-25)23(29)19-16-22(28)27(17-19)21-4-2-1-3-5-21/h1-9,19H,10-17H2. The average Bonchev–Trinajstić information content (AvgIpc) is 3.15. The van der Waals surface area contributed by atoms with Gasteiger partial charge in [-0.2, -0.15) is 0 Å². The van der Waals surface area contributed by atoms with Gasteiger partial charge < -0.3 is 9.80 Å². The SMILES string of the molecule is O=C(C1CC(=O)N(c2ccccc2)C1)N1CCN(CCc2ccc(F)cc2)CC1. The predicted octanol–water partition coefficient (Wildman–Crippen LogP) is 2.57. The Hall–Kier alpha value is -2.73. The van der Waals surface area contributed by atoms with E-state index >= 15 is 0 Å². The third-order valence-corrected chi connectivity index (χ3v) is 5.86. The summed E-state index contributed by atoms with van der Waals surface area (Å²) in [4.78, 5) is 31.3. The summed E-state index contributed by atoms with van der Waals surface area (Å²) in [5.74, 6) is -0.354. The molecule has 0 radical (unpaired) electrons. The molecule has 6 heteroatoms. The number of nitrogens with zero attached hydrogens (tertiary/aromatic N) is 3. The van der Waals surface area contributed by atoms with Crippen molar-refractivity contribution in [2.24, 2.45) is 5.92 Å². The van der Waals surface area contributed by atoms with Crippen molar-refractivity contribution in [2.45, 2.75) is 12.8 Å². The van der Waals surface area contributed by atoms with Gasteiger partial charge in [-0.15, -0.1) is 0 Å². The topological polar surface area (TPSA) is 43.9 Å². The third kappa shape index (κ3) is 4.65. The number of anilines is 1. The maximum Gasteiger partial charge on any atom is 0.228 e. The van der Waals surface area contributed by atoms with Crippen molar-refractivity contribution in [3.8, 4) is 0 Å². The zero-order valence-corrected chi connectivity index (χ0v) is 16.5. The number of rotatable bonds is 5. The minimum Gasteiger partial charge on any atom is -0.340 e. The van der Waals surface area contributed by atoms with Crippen molar-refractivity contribution in [1.29, 1.82) is 0 Å². The Balaban J connectivity index is 1.26. The Morgan fingerprint density at radius 1 is 0.966 bits per heavy atom. The third-order valence-electron chi connectivity index (χ3n) is 5.86. The van der Waals surface area contributed by atoms with Gasteiger partial charge in [-0.05, 0) is 36.2 Å². The number of halogens is 1. The van der Waals surface area contributed by atoms with Crippen LogP contribution < -0.4 is 4.90 Å². The summed E-state index contributed by atoms with van der Waals surface area (Å²) < 4.78 is 13.0. The highest BCUT2D eigenvalue weighted by Crippen LogP contribution is 2.26. The molecule has 2 aromatic carbocycles. The van der Waals surface area contributed by atoms with Crippen LogP contribution in [0.5, 0.6) is 0 Å². The first-order valence-corrected chi connectivity index (χ1v) is 10.2. The maximum absolute atomic E-state index is 13.0. The van der Waals surface area contributed by atoms with E-state index in [1.165, 1.54) is 12.1 Å². The molecule has 0 bridgehead atoms. The lowest BCUT2D eigenvalue weighted by Gasteiger charge is -2.36. The molecule has 2 aliphatic rings.